The van der Waals surface area contributed by atoms with Crippen molar-refractivity contribution < 1.29 is 4.74 Å². The standard InChI is InChI=1S/C32H20N2O5S2/c35-26-16-8-2-3-9-17(16)27(36)24(26)33-22-14-20-30(40-22)31-21(39-32(20)12-6-1-7-13-32)15-23(41-31)34-25-28(37)18-10-4-5-11-19(18)29(25)38/h2-5,8-11,14-15H,1,6-7,12-13H2. The lowest BCUT2D eigenvalue weighted by Gasteiger charge is -2.40. The van der Waals surface area contributed by atoms with E-state index in [1.807, 2.05) is 12.1 Å². The van der Waals surface area contributed by atoms with Crippen molar-refractivity contribution in [1.29, 1.82) is 0 Å². The van der Waals surface area contributed by atoms with Crippen molar-refractivity contribution in [2.24, 2.45) is 9.98 Å². The highest BCUT2D eigenvalue weighted by molar-refractivity contribution is 7.26. The first-order valence-corrected chi connectivity index (χ1v) is 15.1. The van der Waals surface area contributed by atoms with Gasteiger partial charge in [0.25, 0.3) is 0 Å². The molecule has 2 aliphatic rings. The molecule has 0 atom stereocenters. The predicted molar refractivity (Wildman–Crippen MR) is 161 cm³/mol. The van der Waals surface area contributed by atoms with E-state index in [9.17, 15) is 19.2 Å². The van der Waals surface area contributed by atoms with E-state index in [4.69, 9.17) is 4.74 Å². The molecule has 9 heteroatoms. The number of benzene rings is 2. The number of thiophene rings is 2. The number of hydrogen-bond acceptors (Lipinski definition) is 9. The highest BCUT2D eigenvalue weighted by Gasteiger charge is 2.44. The molecule has 4 aromatic carbocycles. The zero-order valence-corrected chi connectivity index (χ0v) is 23.2. The summed E-state index contributed by atoms with van der Waals surface area (Å²) in [6.45, 7) is 0. The van der Waals surface area contributed by atoms with E-state index < -0.39 is 5.60 Å². The van der Waals surface area contributed by atoms with Crippen LogP contribution in [0, 0.1) is 0 Å². The number of rotatable bonds is 2. The summed E-state index contributed by atoms with van der Waals surface area (Å²) in [4.78, 5) is 62.8. The van der Waals surface area contributed by atoms with Gasteiger partial charge in [-0.15, -0.1) is 22.7 Å². The molecule has 1 aliphatic heterocycles. The minimum absolute atomic E-state index is 0.0697. The molecule has 0 radical (unpaired) electrons. The number of ether oxygens (including phenoxy) is 1. The quantitative estimate of drug-likeness (QED) is 0.289. The number of hydrogen-bond donors (Lipinski definition) is 0. The fraction of sp³-hybridized carbons (Fsp3) is 0.188. The normalized spacial score (nSPS) is 15.6. The van der Waals surface area contributed by atoms with Gasteiger partial charge in [0, 0.05) is 33.2 Å². The maximum Gasteiger partial charge on any atom is 0.216 e. The topological polar surface area (TPSA) is 102 Å². The van der Waals surface area contributed by atoms with Crippen LogP contribution >= 0.6 is 22.7 Å². The van der Waals surface area contributed by atoms with Gasteiger partial charge in [-0.1, -0.05) is 55.0 Å². The highest BCUT2D eigenvalue weighted by Crippen LogP contribution is 2.58. The second kappa shape index (κ2) is 8.83. The van der Waals surface area contributed by atoms with Crippen LogP contribution in [0.1, 0.15) is 37.7 Å². The van der Waals surface area contributed by atoms with Crippen molar-refractivity contribution in [3.05, 3.63) is 118 Å². The van der Waals surface area contributed by atoms with Crippen LogP contribution in [0.25, 0.3) is 31.3 Å². The van der Waals surface area contributed by atoms with Gasteiger partial charge in [-0.2, -0.15) is 0 Å². The first-order chi connectivity index (χ1) is 19.9. The Morgan fingerprint density at radius 1 is 0.610 bits per heavy atom. The highest BCUT2D eigenvalue weighted by atomic mass is 32.1. The van der Waals surface area contributed by atoms with Crippen molar-refractivity contribution >= 4 is 54.2 Å². The molecule has 0 amide bonds. The third-order valence-electron chi connectivity index (χ3n) is 8.20. The van der Waals surface area contributed by atoms with E-state index in [0.717, 1.165) is 47.4 Å². The molecule has 1 saturated carbocycles. The predicted octanol–water partition coefficient (Wildman–Crippen LogP) is 4.99. The second-order valence-electron chi connectivity index (χ2n) is 10.6. The van der Waals surface area contributed by atoms with Crippen molar-refractivity contribution in [2.45, 2.75) is 37.7 Å². The summed E-state index contributed by atoms with van der Waals surface area (Å²) in [5.74, 6) is 0.667. The molecule has 0 N–H and O–H groups in total. The molecule has 2 aromatic heterocycles. The van der Waals surface area contributed by atoms with E-state index in [1.165, 1.54) is 22.7 Å². The molecule has 1 aliphatic carbocycles. The molecular weight excluding hydrogens is 556 g/mol. The smallest absolute Gasteiger partial charge is 0.216 e. The minimum Gasteiger partial charge on any atom is -0.481 e. The van der Waals surface area contributed by atoms with Gasteiger partial charge in [0.05, 0.1) is 9.75 Å². The Bertz CT molecular complexity index is 2270. The molecule has 8 rings (SSSR count). The number of fused-ring (bicyclic) bond motifs is 6. The van der Waals surface area contributed by atoms with Crippen molar-refractivity contribution in [3.63, 3.8) is 0 Å². The van der Waals surface area contributed by atoms with E-state index in [-0.39, 0.29) is 32.4 Å². The molecular formula is C32H20N2O5S2. The Morgan fingerprint density at radius 2 is 1.07 bits per heavy atom. The fourth-order valence-corrected chi connectivity index (χ4v) is 8.49. The van der Waals surface area contributed by atoms with Gasteiger partial charge in [0.2, 0.25) is 21.7 Å². The first-order valence-electron chi connectivity index (χ1n) is 13.5. The molecule has 0 bridgehead atoms. The van der Waals surface area contributed by atoms with Crippen molar-refractivity contribution in [1.82, 2.24) is 0 Å². The maximum absolute atomic E-state index is 13.0. The summed E-state index contributed by atoms with van der Waals surface area (Å²) in [7, 11) is 0. The summed E-state index contributed by atoms with van der Waals surface area (Å²) in [6.07, 6.45) is 4.83. The summed E-state index contributed by atoms with van der Waals surface area (Å²) < 4.78 is 6.72. The van der Waals surface area contributed by atoms with Gasteiger partial charge in [0.15, 0.2) is 10.7 Å². The zero-order chi connectivity index (χ0) is 27.9. The second-order valence-corrected chi connectivity index (χ2v) is 12.7. The largest absolute Gasteiger partial charge is 0.481 e. The van der Waals surface area contributed by atoms with Crippen LogP contribution in [0.15, 0.2) is 89.8 Å². The van der Waals surface area contributed by atoms with Gasteiger partial charge in [-0.25, -0.2) is 9.98 Å². The molecule has 7 nitrogen and oxygen atoms in total. The average molecular weight is 577 g/mol. The molecule has 0 unspecified atom stereocenters. The third-order valence-corrected chi connectivity index (χ3v) is 10.4. The summed E-state index contributed by atoms with van der Waals surface area (Å²) in [6, 6.07) is 17.3. The minimum atomic E-state index is -0.539. The Labute approximate surface area is 239 Å². The summed E-state index contributed by atoms with van der Waals surface area (Å²) >= 11 is 2.77. The molecule has 200 valence electrons. The number of nitrogens with zero attached hydrogens (tertiary/aromatic N) is 2. The monoisotopic (exact) mass is 576 g/mol. The average Bonchev–Trinajstić information content (AvgIpc) is 3.72. The van der Waals surface area contributed by atoms with Crippen molar-refractivity contribution in [3.8, 4) is 15.5 Å². The lowest BCUT2D eigenvalue weighted by molar-refractivity contribution is 0.0251. The first kappa shape index (κ1) is 24.5. The Kier molecular flexibility index (Phi) is 5.27. The maximum atomic E-state index is 13.0. The van der Waals surface area contributed by atoms with Crippen LogP contribution in [0.4, 0.5) is 10.0 Å². The zero-order valence-electron chi connectivity index (χ0n) is 21.6. The van der Waals surface area contributed by atoms with Crippen LogP contribution in [0.2, 0.25) is 0 Å². The summed E-state index contributed by atoms with van der Waals surface area (Å²) in [5.41, 5.74) is -0.995. The van der Waals surface area contributed by atoms with Gasteiger partial charge in [-0.3, -0.25) is 19.2 Å². The molecule has 1 fully saturated rings. The van der Waals surface area contributed by atoms with Gasteiger partial charge < -0.3 is 4.74 Å². The van der Waals surface area contributed by atoms with Gasteiger partial charge >= 0.3 is 0 Å². The van der Waals surface area contributed by atoms with Gasteiger partial charge in [-0.05, 0) is 31.7 Å². The summed E-state index contributed by atoms with van der Waals surface area (Å²) in [5, 5.41) is 2.43. The van der Waals surface area contributed by atoms with Crippen LogP contribution in [-0.4, -0.2) is 0 Å². The van der Waals surface area contributed by atoms with E-state index >= 15 is 0 Å². The third kappa shape index (κ3) is 3.55. The molecule has 1 spiro atoms. The van der Waals surface area contributed by atoms with Gasteiger partial charge in [0.1, 0.15) is 21.4 Å². The van der Waals surface area contributed by atoms with E-state index in [2.05, 4.69) is 9.98 Å². The Morgan fingerprint density at radius 3 is 1.59 bits per heavy atom. The van der Waals surface area contributed by atoms with Crippen LogP contribution < -0.4 is 37.2 Å². The van der Waals surface area contributed by atoms with Crippen LogP contribution in [0.3, 0.4) is 0 Å². The van der Waals surface area contributed by atoms with E-state index in [0.29, 0.717) is 37.3 Å². The lowest BCUT2D eigenvalue weighted by Crippen LogP contribution is -2.37. The Balaban J connectivity index is 1.32. The van der Waals surface area contributed by atoms with E-state index in [1.54, 1.807) is 48.5 Å². The van der Waals surface area contributed by atoms with Crippen LogP contribution in [-0.2, 0) is 5.60 Å². The fourth-order valence-electron chi connectivity index (χ4n) is 6.25. The molecule has 6 aromatic rings. The van der Waals surface area contributed by atoms with Crippen LogP contribution in [0.5, 0.6) is 5.75 Å². The molecule has 0 saturated heterocycles. The Hall–Kier alpha value is -4.34. The van der Waals surface area contributed by atoms with Crippen molar-refractivity contribution in [2.75, 3.05) is 0 Å². The lowest BCUT2D eigenvalue weighted by atomic mass is 9.78. The molecule has 3 heterocycles. The SMILES string of the molecule is O=c1c(=Nc2cc3c(s2)-c2sc(N=c4c(=O)c5ccccc5c4=O)cc2C2(CCCCC2)O3)c(=O)c2ccccc12. The molecule has 41 heavy (non-hydrogen) atoms.